The van der Waals surface area contributed by atoms with Crippen molar-refractivity contribution in [1.82, 2.24) is 0 Å². The van der Waals surface area contributed by atoms with Crippen molar-refractivity contribution in [2.75, 3.05) is 6.54 Å². The highest BCUT2D eigenvalue weighted by atomic mass is 16.1. The van der Waals surface area contributed by atoms with Gasteiger partial charge >= 0.3 is 0 Å². The van der Waals surface area contributed by atoms with Crippen molar-refractivity contribution in [2.24, 2.45) is 10.7 Å². The number of primary amides is 1. The van der Waals surface area contributed by atoms with Crippen LogP contribution in [0.5, 0.6) is 0 Å². The fourth-order valence-electron chi connectivity index (χ4n) is 1.33. The van der Waals surface area contributed by atoms with Gasteiger partial charge in [0.15, 0.2) is 0 Å². The number of rotatable bonds is 1. The Labute approximate surface area is 69.2 Å². The van der Waals surface area contributed by atoms with Gasteiger partial charge in [0.2, 0.25) is 5.91 Å². The summed E-state index contributed by atoms with van der Waals surface area (Å²) in [5.74, 6) is -0.372. The number of carbonyl (C=O) groups excluding carboxylic acids is 1. The largest absolute Gasteiger partial charge is 0.366 e. The summed E-state index contributed by atoms with van der Waals surface area (Å²) in [4.78, 5) is 15.1. The molecule has 3 heteroatoms. The van der Waals surface area contributed by atoms with Crippen molar-refractivity contribution >= 4 is 11.5 Å². The average molecular weight is 160 g/mol. The molecule has 0 unspecified atom stereocenters. The van der Waals surface area contributed by atoms with E-state index in [4.69, 9.17) is 5.73 Å². The number of hydrogen-bond acceptors (Lipinski definition) is 2. The molecule has 60 valence electrons. The maximum Gasteiger partial charge on any atom is 0.247 e. The molecule has 2 N–H and O–H groups in total. The second-order valence-electron chi connectivity index (χ2n) is 2.68. The maximum absolute atomic E-state index is 10.9. The van der Waals surface area contributed by atoms with Crippen molar-refractivity contribution in [3.05, 3.63) is 34.8 Å². The van der Waals surface area contributed by atoms with E-state index in [-0.39, 0.29) is 5.91 Å². The van der Waals surface area contributed by atoms with Crippen molar-refractivity contribution in [2.45, 2.75) is 0 Å². The Morgan fingerprint density at radius 3 is 2.92 bits per heavy atom. The Kier molecular flexibility index (Phi) is 1.43. The fraction of sp³-hybridized carbons (Fsp3) is 0.111. The van der Waals surface area contributed by atoms with E-state index in [9.17, 15) is 4.79 Å². The highest BCUT2D eigenvalue weighted by Crippen LogP contribution is 1.94. The minimum atomic E-state index is -0.372. The zero-order valence-electron chi connectivity index (χ0n) is 6.45. The van der Waals surface area contributed by atoms with Gasteiger partial charge in [0.1, 0.15) is 0 Å². The Bertz CT molecular complexity index is 448. The molecule has 3 nitrogen and oxygen atoms in total. The molecule has 0 radical (unpaired) electrons. The normalized spacial score (nSPS) is 13.8. The highest BCUT2D eigenvalue weighted by Gasteiger charge is 2.10. The summed E-state index contributed by atoms with van der Waals surface area (Å²) in [5, 5.41) is 1.75. The molecule has 0 aliphatic carbocycles. The SMILES string of the molecule is NC(=O)C1=c2ccccc2=NC1. The minimum Gasteiger partial charge on any atom is -0.366 e. The number of fused-ring (bicyclic) bond motifs is 1. The molecule has 1 heterocycles. The first-order valence-electron chi connectivity index (χ1n) is 3.71. The van der Waals surface area contributed by atoms with E-state index >= 15 is 0 Å². The average Bonchev–Trinajstić information content (AvgIpc) is 2.47. The third-order valence-electron chi connectivity index (χ3n) is 1.93. The van der Waals surface area contributed by atoms with Gasteiger partial charge in [-0.25, -0.2) is 0 Å². The van der Waals surface area contributed by atoms with Crippen molar-refractivity contribution in [3.8, 4) is 0 Å². The molecule has 0 bridgehead atoms. The summed E-state index contributed by atoms with van der Waals surface area (Å²) in [5.41, 5.74) is 5.79. The number of amides is 1. The molecular formula is C9H8N2O. The van der Waals surface area contributed by atoms with E-state index in [0.717, 1.165) is 10.6 Å². The van der Waals surface area contributed by atoms with E-state index in [1.54, 1.807) is 0 Å². The van der Waals surface area contributed by atoms with Crippen LogP contribution >= 0.6 is 0 Å². The molecule has 12 heavy (non-hydrogen) atoms. The van der Waals surface area contributed by atoms with Gasteiger partial charge in [-0.2, -0.15) is 0 Å². The lowest BCUT2D eigenvalue weighted by Gasteiger charge is -1.90. The van der Waals surface area contributed by atoms with Crippen LogP contribution in [-0.2, 0) is 4.79 Å². The van der Waals surface area contributed by atoms with Crippen LogP contribution in [0.2, 0.25) is 0 Å². The van der Waals surface area contributed by atoms with Crippen LogP contribution in [-0.4, -0.2) is 12.5 Å². The standard InChI is InChI=1S/C9H8N2O/c10-9(12)7-5-11-8-4-2-1-3-6(7)8/h1-4H,5H2,(H2,10,12). The summed E-state index contributed by atoms with van der Waals surface area (Å²) in [6.45, 7) is 0.425. The van der Waals surface area contributed by atoms with Gasteiger partial charge in [-0.1, -0.05) is 18.2 Å². The Balaban J connectivity index is 2.82. The summed E-state index contributed by atoms with van der Waals surface area (Å²) >= 11 is 0. The third kappa shape index (κ3) is 0.906. The van der Waals surface area contributed by atoms with Crippen LogP contribution in [0.25, 0.3) is 5.57 Å². The molecule has 1 aromatic rings. The lowest BCUT2D eigenvalue weighted by Crippen LogP contribution is -2.27. The summed E-state index contributed by atoms with van der Waals surface area (Å²) in [7, 11) is 0. The first-order valence-corrected chi connectivity index (χ1v) is 3.71. The van der Waals surface area contributed by atoms with Crippen LogP contribution in [0.15, 0.2) is 29.3 Å². The molecule has 0 fully saturated rings. The van der Waals surface area contributed by atoms with Gasteiger partial charge in [-0.3, -0.25) is 9.79 Å². The van der Waals surface area contributed by atoms with E-state index in [1.807, 2.05) is 24.3 Å². The number of benzene rings is 1. The lowest BCUT2D eigenvalue weighted by molar-refractivity contribution is -0.112. The second-order valence-corrected chi connectivity index (χ2v) is 2.68. The van der Waals surface area contributed by atoms with Gasteiger partial charge in [-0.15, -0.1) is 0 Å². The van der Waals surface area contributed by atoms with Crippen LogP contribution < -0.4 is 16.3 Å². The summed E-state index contributed by atoms with van der Waals surface area (Å²) < 4.78 is 0. The van der Waals surface area contributed by atoms with Crippen LogP contribution in [0, 0.1) is 0 Å². The summed E-state index contributed by atoms with van der Waals surface area (Å²) in [6, 6.07) is 7.52. The Morgan fingerprint density at radius 2 is 2.17 bits per heavy atom. The van der Waals surface area contributed by atoms with Crippen LogP contribution in [0.4, 0.5) is 0 Å². The molecule has 1 aromatic carbocycles. The summed E-state index contributed by atoms with van der Waals surface area (Å²) in [6.07, 6.45) is 0. The van der Waals surface area contributed by atoms with E-state index in [2.05, 4.69) is 4.99 Å². The van der Waals surface area contributed by atoms with E-state index < -0.39 is 0 Å². The number of para-hydroxylation sites is 1. The Morgan fingerprint density at radius 1 is 1.42 bits per heavy atom. The van der Waals surface area contributed by atoms with Crippen molar-refractivity contribution in [1.29, 1.82) is 0 Å². The molecule has 0 saturated carbocycles. The second kappa shape index (κ2) is 2.44. The third-order valence-corrected chi connectivity index (χ3v) is 1.93. The van der Waals surface area contributed by atoms with Crippen LogP contribution in [0.1, 0.15) is 0 Å². The maximum atomic E-state index is 10.9. The predicted molar refractivity (Wildman–Crippen MR) is 44.7 cm³/mol. The predicted octanol–water partition coefficient (Wildman–Crippen LogP) is -1.04. The molecule has 0 saturated heterocycles. The molecule has 1 aliphatic rings. The molecular weight excluding hydrogens is 152 g/mol. The van der Waals surface area contributed by atoms with E-state index in [0.29, 0.717) is 12.1 Å². The lowest BCUT2D eigenvalue weighted by atomic mass is 10.2. The fourth-order valence-corrected chi connectivity index (χ4v) is 1.33. The molecule has 1 aliphatic heterocycles. The molecule has 0 aromatic heterocycles. The zero-order valence-corrected chi connectivity index (χ0v) is 6.45. The number of nitrogens with zero attached hydrogens (tertiary/aromatic N) is 1. The Hall–Kier alpha value is -1.64. The van der Waals surface area contributed by atoms with Gasteiger partial charge in [0.05, 0.1) is 11.9 Å². The zero-order chi connectivity index (χ0) is 8.55. The molecule has 1 amide bonds. The quantitative estimate of drug-likeness (QED) is 0.560. The van der Waals surface area contributed by atoms with Gasteiger partial charge in [0, 0.05) is 10.8 Å². The number of nitrogens with two attached hydrogens (primary N) is 1. The van der Waals surface area contributed by atoms with Gasteiger partial charge in [0.25, 0.3) is 0 Å². The van der Waals surface area contributed by atoms with E-state index in [1.165, 1.54) is 0 Å². The smallest absolute Gasteiger partial charge is 0.247 e. The molecule has 2 rings (SSSR count). The van der Waals surface area contributed by atoms with Crippen molar-refractivity contribution in [3.63, 3.8) is 0 Å². The van der Waals surface area contributed by atoms with Crippen molar-refractivity contribution < 1.29 is 4.79 Å². The first-order chi connectivity index (χ1) is 5.79. The number of hydrogen-bond donors (Lipinski definition) is 1. The first kappa shape index (κ1) is 7.03. The van der Waals surface area contributed by atoms with Crippen LogP contribution in [0.3, 0.4) is 0 Å². The van der Waals surface area contributed by atoms with Gasteiger partial charge < -0.3 is 5.73 Å². The monoisotopic (exact) mass is 160 g/mol. The molecule has 0 spiro atoms. The highest BCUT2D eigenvalue weighted by molar-refractivity contribution is 6.13. The topological polar surface area (TPSA) is 55.5 Å². The number of carbonyl (C=O) groups is 1. The molecule has 0 atom stereocenters. The van der Waals surface area contributed by atoms with Gasteiger partial charge in [-0.05, 0) is 6.07 Å². The minimum absolute atomic E-state index is 0.372.